The number of nitrogens with zero attached hydrogens (tertiary/aromatic N) is 6. The van der Waals surface area contributed by atoms with Crippen molar-refractivity contribution in [2.24, 2.45) is 0 Å². The van der Waals surface area contributed by atoms with Crippen molar-refractivity contribution < 1.29 is 0 Å². The molecule has 1 atom stereocenters. The van der Waals surface area contributed by atoms with Crippen molar-refractivity contribution in [1.82, 2.24) is 29.3 Å². The minimum absolute atomic E-state index is 0. The van der Waals surface area contributed by atoms with Gasteiger partial charge in [-0.2, -0.15) is 5.10 Å². The maximum Gasteiger partial charge on any atom is 0.210 e. The van der Waals surface area contributed by atoms with Gasteiger partial charge in [0.2, 0.25) is 5.13 Å². The van der Waals surface area contributed by atoms with Crippen LogP contribution >= 0.6 is 11.3 Å². The van der Waals surface area contributed by atoms with Gasteiger partial charge in [0.15, 0.2) is 0 Å². The molecule has 7 heteroatoms. The van der Waals surface area contributed by atoms with Gasteiger partial charge in [-0.1, -0.05) is 7.43 Å². The smallest absolute Gasteiger partial charge is 0.210 e. The third-order valence-electron chi connectivity index (χ3n) is 4.00. The fourth-order valence-electron chi connectivity index (χ4n) is 2.92. The minimum Gasteiger partial charge on any atom is -0.328 e. The summed E-state index contributed by atoms with van der Waals surface area (Å²) in [6.45, 7) is 5.16. The molecule has 0 fully saturated rings. The minimum atomic E-state index is 0. The molecule has 4 aromatic rings. The van der Waals surface area contributed by atoms with Crippen molar-refractivity contribution in [3.63, 3.8) is 0 Å². The summed E-state index contributed by atoms with van der Waals surface area (Å²) in [4.78, 5) is 13.3. The molecule has 4 rings (SSSR count). The fraction of sp³-hybridized carbons (Fsp3) is 0.294. The highest BCUT2D eigenvalue weighted by Crippen LogP contribution is 2.28. The molecule has 24 heavy (non-hydrogen) atoms. The van der Waals surface area contributed by atoms with Crippen LogP contribution in [0.2, 0.25) is 0 Å². The van der Waals surface area contributed by atoms with Crippen LogP contribution in [0, 0.1) is 0 Å². The second kappa shape index (κ2) is 6.52. The third kappa shape index (κ3) is 2.50. The molecular formula is C17H20N6S. The van der Waals surface area contributed by atoms with Crippen LogP contribution in [-0.2, 0) is 6.54 Å². The van der Waals surface area contributed by atoms with E-state index in [-0.39, 0.29) is 13.3 Å². The van der Waals surface area contributed by atoms with E-state index in [4.69, 9.17) is 4.98 Å². The zero-order valence-corrected chi connectivity index (χ0v) is 13.7. The molecule has 0 aliphatic heterocycles. The van der Waals surface area contributed by atoms with Crippen molar-refractivity contribution in [3.05, 3.63) is 53.8 Å². The summed E-state index contributed by atoms with van der Waals surface area (Å²) in [7, 11) is 0. The first kappa shape index (κ1) is 16.3. The monoisotopic (exact) mass is 340 g/mol. The van der Waals surface area contributed by atoms with Crippen LogP contribution < -0.4 is 0 Å². The second-order valence-electron chi connectivity index (χ2n) is 5.28. The Labute approximate surface area is 144 Å². The quantitative estimate of drug-likeness (QED) is 0.565. The highest BCUT2D eigenvalue weighted by Gasteiger charge is 2.21. The van der Waals surface area contributed by atoms with E-state index in [9.17, 15) is 0 Å². The van der Waals surface area contributed by atoms with Gasteiger partial charge in [0.1, 0.15) is 11.3 Å². The van der Waals surface area contributed by atoms with E-state index in [0.717, 1.165) is 34.2 Å². The summed E-state index contributed by atoms with van der Waals surface area (Å²) in [5.41, 5.74) is 3.12. The SMILES string of the molecule is C.CCn1c(C(C)c2ccnn2-c2nccs2)nc2cnccc21. The highest BCUT2D eigenvalue weighted by molar-refractivity contribution is 7.12. The Kier molecular flexibility index (Phi) is 4.44. The van der Waals surface area contributed by atoms with Gasteiger partial charge in [-0.25, -0.2) is 14.6 Å². The van der Waals surface area contributed by atoms with Crippen molar-refractivity contribution in [2.75, 3.05) is 0 Å². The lowest BCUT2D eigenvalue weighted by molar-refractivity contribution is 0.655. The molecule has 0 spiro atoms. The standard InChI is InChI=1S/C16H16N6S.CH4/c1-3-21-14-4-6-17-10-12(14)20-15(21)11(2)13-5-7-19-22(13)16-18-8-9-23-16;/h4-11H,3H2,1-2H3;1H4. The lowest BCUT2D eigenvalue weighted by Gasteiger charge is -2.14. The van der Waals surface area contributed by atoms with E-state index >= 15 is 0 Å². The van der Waals surface area contributed by atoms with E-state index in [0.29, 0.717) is 0 Å². The molecule has 4 aromatic heterocycles. The largest absolute Gasteiger partial charge is 0.328 e. The molecule has 6 nitrogen and oxygen atoms in total. The van der Waals surface area contributed by atoms with Crippen LogP contribution in [0.25, 0.3) is 16.2 Å². The van der Waals surface area contributed by atoms with Crippen molar-refractivity contribution in [1.29, 1.82) is 0 Å². The predicted molar refractivity (Wildman–Crippen MR) is 96.7 cm³/mol. The molecule has 0 aliphatic carbocycles. The fourth-order valence-corrected chi connectivity index (χ4v) is 3.53. The van der Waals surface area contributed by atoms with Gasteiger partial charge in [-0.15, -0.1) is 11.3 Å². The van der Waals surface area contributed by atoms with Crippen LogP contribution in [0.1, 0.15) is 38.7 Å². The molecular weight excluding hydrogens is 320 g/mol. The first-order chi connectivity index (χ1) is 11.3. The van der Waals surface area contributed by atoms with Gasteiger partial charge >= 0.3 is 0 Å². The zero-order chi connectivity index (χ0) is 15.8. The second-order valence-corrected chi connectivity index (χ2v) is 6.16. The Bertz CT molecular complexity index is 937. The van der Waals surface area contributed by atoms with E-state index in [2.05, 4.69) is 33.5 Å². The summed E-state index contributed by atoms with van der Waals surface area (Å²) in [6, 6.07) is 4.05. The maximum absolute atomic E-state index is 4.80. The maximum atomic E-state index is 4.80. The molecule has 0 bridgehead atoms. The number of rotatable bonds is 4. The third-order valence-corrected chi connectivity index (χ3v) is 4.75. The number of thiazole rings is 1. The van der Waals surface area contributed by atoms with Crippen molar-refractivity contribution >= 4 is 22.4 Å². The molecule has 4 heterocycles. The molecule has 0 radical (unpaired) electrons. The number of aryl methyl sites for hydroxylation is 1. The lowest BCUT2D eigenvalue weighted by Crippen LogP contribution is -2.11. The van der Waals surface area contributed by atoms with Crippen LogP contribution in [-0.4, -0.2) is 29.3 Å². The number of fused-ring (bicyclic) bond motifs is 1. The van der Waals surface area contributed by atoms with Gasteiger partial charge in [0.05, 0.1) is 23.3 Å². The Balaban J connectivity index is 0.00000169. The number of hydrogen-bond acceptors (Lipinski definition) is 5. The lowest BCUT2D eigenvalue weighted by atomic mass is 10.1. The van der Waals surface area contributed by atoms with E-state index in [1.807, 2.05) is 40.8 Å². The van der Waals surface area contributed by atoms with E-state index in [1.54, 1.807) is 17.5 Å². The Morgan fingerprint density at radius 3 is 2.83 bits per heavy atom. The molecule has 0 saturated heterocycles. The summed E-state index contributed by atoms with van der Waals surface area (Å²) in [6.07, 6.45) is 7.23. The predicted octanol–water partition coefficient (Wildman–Crippen LogP) is 3.88. The van der Waals surface area contributed by atoms with E-state index in [1.165, 1.54) is 0 Å². The molecule has 0 aromatic carbocycles. The van der Waals surface area contributed by atoms with Crippen LogP contribution in [0.3, 0.4) is 0 Å². The number of aromatic nitrogens is 6. The topological polar surface area (TPSA) is 61.4 Å². The van der Waals surface area contributed by atoms with Gasteiger partial charge in [-0.3, -0.25) is 4.98 Å². The normalized spacial score (nSPS) is 12.2. The van der Waals surface area contributed by atoms with Gasteiger partial charge < -0.3 is 4.57 Å². The molecule has 1 unspecified atom stereocenters. The number of hydrogen-bond donors (Lipinski definition) is 0. The van der Waals surface area contributed by atoms with Crippen molar-refractivity contribution in [3.8, 4) is 5.13 Å². The first-order valence-corrected chi connectivity index (χ1v) is 8.41. The van der Waals surface area contributed by atoms with Crippen LogP contribution in [0.4, 0.5) is 0 Å². The average molecular weight is 340 g/mol. The van der Waals surface area contributed by atoms with Crippen LogP contribution in [0.15, 0.2) is 42.3 Å². The number of pyridine rings is 1. The summed E-state index contributed by atoms with van der Waals surface area (Å²) < 4.78 is 4.13. The zero-order valence-electron chi connectivity index (χ0n) is 12.9. The Morgan fingerprint density at radius 2 is 2.08 bits per heavy atom. The Hall–Kier alpha value is -2.54. The summed E-state index contributed by atoms with van der Waals surface area (Å²) >= 11 is 1.57. The van der Waals surface area contributed by atoms with Crippen molar-refractivity contribution in [2.45, 2.75) is 33.7 Å². The van der Waals surface area contributed by atoms with Gasteiger partial charge in [-0.05, 0) is 26.0 Å². The Morgan fingerprint density at radius 1 is 1.21 bits per heavy atom. The van der Waals surface area contributed by atoms with E-state index < -0.39 is 0 Å². The average Bonchev–Trinajstić information content (AvgIpc) is 3.30. The van der Waals surface area contributed by atoms with Gasteiger partial charge in [0, 0.05) is 30.5 Å². The summed E-state index contributed by atoms with van der Waals surface area (Å²) in [5.74, 6) is 1.13. The number of imidazole rings is 1. The molecule has 0 amide bonds. The molecule has 0 N–H and O–H groups in total. The molecule has 0 aliphatic rings. The van der Waals surface area contributed by atoms with Gasteiger partial charge in [0.25, 0.3) is 0 Å². The highest BCUT2D eigenvalue weighted by atomic mass is 32.1. The molecule has 0 saturated carbocycles. The first-order valence-electron chi connectivity index (χ1n) is 7.53. The van der Waals surface area contributed by atoms with Crippen LogP contribution in [0.5, 0.6) is 0 Å². The molecule has 124 valence electrons. The summed E-state index contributed by atoms with van der Waals surface area (Å²) in [5, 5.41) is 7.26.